The maximum Gasteiger partial charge on any atom is 0.0152 e. The molecule has 0 saturated carbocycles. The third kappa shape index (κ3) is 2.25. The van der Waals surface area contributed by atoms with E-state index in [2.05, 4.69) is 88.4 Å². The second-order valence-electron chi connectivity index (χ2n) is 6.51. The van der Waals surface area contributed by atoms with Crippen LogP contribution in [0.25, 0.3) is 5.57 Å². The van der Waals surface area contributed by atoms with E-state index in [-0.39, 0.29) is 5.41 Å². The molecule has 3 rings (SSSR count). The molecule has 0 amide bonds. The molecule has 2 aromatic carbocycles. The highest BCUT2D eigenvalue weighted by Crippen LogP contribution is 2.45. The molecule has 0 unspecified atom stereocenters. The van der Waals surface area contributed by atoms with Crippen LogP contribution in [0.5, 0.6) is 0 Å². The molecule has 0 aliphatic heterocycles. The van der Waals surface area contributed by atoms with E-state index in [0.717, 1.165) is 0 Å². The summed E-state index contributed by atoms with van der Waals surface area (Å²) in [4.78, 5) is 0. The largest absolute Gasteiger partial charge is 0.0723 e. The van der Waals surface area contributed by atoms with Crippen LogP contribution in [0.2, 0.25) is 0 Å². The topological polar surface area (TPSA) is 0 Å². The van der Waals surface area contributed by atoms with Gasteiger partial charge in [0.2, 0.25) is 0 Å². The molecule has 0 bridgehead atoms. The maximum absolute atomic E-state index is 2.38. The van der Waals surface area contributed by atoms with E-state index < -0.39 is 0 Å². The summed E-state index contributed by atoms with van der Waals surface area (Å²) in [6, 6.07) is 19.5. The van der Waals surface area contributed by atoms with Crippen molar-refractivity contribution in [1.29, 1.82) is 0 Å². The van der Waals surface area contributed by atoms with Crippen LogP contribution in [0.15, 0.2) is 71.8 Å². The molecule has 0 N–H and O–H groups in total. The Hall–Kier alpha value is -2.08. The predicted octanol–water partition coefficient (Wildman–Crippen LogP) is 5.75. The molecule has 0 heteroatoms. The van der Waals surface area contributed by atoms with Crippen LogP contribution in [0.4, 0.5) is 0 Å². The van der Waals surface area contributed by atoms with Crippen LogP contribution in [0.3, 0.4) is 0 Å². The van der Waals surface area contributed by atoms with Crippen LogP contribution >= 0.6 is 0 Å². The molecule has 1 aliphatic rings. The molecule has 0 atom stereocenters. The first-order chi connectivity index (χ1) is 10.0. The Morgan fingerprint density at radius 2 is 1.43 bits per heavy atom. The van der Waals surface area contributed by atoms with Gasteiger partial charge in [-0.2, -0.15) is 0 Å². The van der Waals surface area contributed by atoms with Gasteiger partial charge in [-0.3, -0.25) is 0 Å². The first-order valence-electron chi connectivity index (χ1n) is 7.57. The molecular weight excluding hydrogens is 252 g/mol. The van der Waals surface area contributed by atoms with Crippen molar-refractivity contribution in [2.24, 2.45) is 0 Å². The third-order valence-electron chi connectivity index (χ3n) is 4.48. The summed E-state index contributed by atoms with van der Waals surface area (Å²) in [6.45, 7) is 9.08. The normalized spacial score (nSPS) is 16.2. The molecule has 0 aromatic heterocycles. The van der Waals surface area contributed by atoms with Gasteiger partial charge in [0, 0.05) is 5.41 Å². The Kier molecular flexibility index (Phi) is 3.33. The highest BCUT2D eigenvalue weighted by Gasteiger charge is 2.32. The second kappa shape index (κ2) is 5.04. The summed E-state index contributed by atoms with van der Waals surface area (Å²) in [7, 11) is 0. The molecule has 0 spiro atoms. The van der Waals surface area contributed by atoms with Crippen molar-refractivity contribution in [2.75, 3.05) is 0 Å². The fourth-order valence-corrected chi connectivity index (χ4v) is 3.44. The molecule has 0 heterocycles. The molecule has 2 aromatic rings. The minimum absolute atomic E-state index is 0.0632. The summed E-state index contributed by atoms with van der Waals surface area (Å²) < 4.78 is 0. The van der Waals surface area contributed by atoms with Gasteiger partial charge < -0.3 is 0 Å². The second-order valence-corrected chi connectivity index (χ2v) is 6.51. The Bertz CT molecular complexity index is 724. The van der Waals surface area contributed by atoms with E-state index in [1.54, 1.807) is 0 Å². The van der Waals surface area contributed by atoms with Gasteiger partial charge in [-0.05, 0) is 47.8 Å². The van der Waals surface area contributed by atoms with E-state index >= 15 is 0 Å². The zero-order valence-corrected chi connectivity index (χ0v) is 13.3. The number of hydrogen-bond acceptors (Lipinski definition) is 0. The van der Waals surface area contributed by atoms with Gasteiger partial charge in [-0.15, -0.1) is 0 Å². The van der Waals surface area contributed by atoms with Crippen molar-refractivity contribution >= 4 is 5.57 Å². The van der Waals surface area contributed by atoms with E-state index in [4.69, 9.17) is 0 Å². The monoisotopic (exact) mass is 274 g/mol. The first-order valence-corrected chi connectivity index (χ1v) is 7.57. The summed E-state index contributed by atoms with van der Waals surface area (Å²) in [5.41, 5.74) is 8.29. The minimum atomic E-state index is 0.0632. The number of hydrogen-bond donors (Lipinski definition) is 0. The van der Waals surface area contributed by atoms with E-state index in [9.17, 15) is 0 Å². The number of rotatable bonds is 1. The Morgan fingerprint density at radius 3 is 2.10 bits per heavy atom. The fraction of sp³-hybridized carbons (Fsp3) is 0.238. The lowest BCUT2D eigenvalue weighted by atomic mass is 9.68. The highest BCUT2D eigenvalue weighted by molar-refractivity contribution is 5.86. The quantitative estimate of drug-likeness (QED) is 0.621. The van der Waals surface area contributed by atoms with Crippen molar-refractivity contribution < 1.29 is 0 Å². The van der Waals surface area contributed by atoms with Crippen molar-refractivity contribution in [2.45, 2.75) is 33.1 Å². The molecule has 1 aliphatic carbocycles. The average molecular weight is 274 g/mol. The fourth-order valence-electron chi connectivity index (χ4n) is 3.44. The van der Waals surface area contributed by atoms with Gasteiger partial charge in [0.05, 0.1) is 0 Å². The molecule has 106 valence electrons. The van der Waals surface area contributed by atoms with Gasteiger partial charge in [-0.25, -0.2) is 0 Å². The van der Waals surface area contributed by atoms with Crippen molar-refractivity contribution in [3.8, 4) is 0 Å². The van der Waals surface area contributed by atoms with Crippen LogP contribution in [0.1, 0.15) is 44.4 Å². The SMILES string of the molecule is CC(C)=C1C=C(c2ccccc2)c2ccccc2C1(C)C. The smallest absolute Gasteiger partial charge is 0.0152 e. The summed E-state index contributed by atoms with van der Waals surface area (Å²) in [5.74, 6) is 0. The lowest BCUT2D eigenvalue weighted by Gasteiger charge is -2.36. The van der Waals surface area contributed by atoms with Crippen LogP contribution in [0, 0.1) is 0 Å². The summed E-state index contributed by atoms with van der Waals surface area (Å²) >= 11 is 0. The predicted molar refractivity (Wildman–Crippen MR) is 91.4 cm³/mol. The van der Waals surface area contributed by atoms with Crippen LogP contribution in [-0.2, 0) is 5.41 Å². The first kappa shape index (κ1) is 13.9. The zero-order valence-electron chi connectivity index (χ0n) is 13.3. The van der Waals surface area contributed by atoms with Crippen LogP contribution in [-0.4, -0.2) is 0 Å². The van der Waals surface area contributed by atoms with Gasteiger partial charge in [0.1, 0.15) is 0 Å². The van der Waals surface area contributed by atoms with Gasteiger partial charge in [0.25, 0.3) is 0 Å². The Labute approximate surface area is 127 Å². The lowest BCUT2D eigenvalue weighted by molar-refractivity contribution is 0.625. The van der Waals surface area contributed by atoms with Crippen molar-refractivity contribution in [3.05, 3.63) is 88.5 Å². The van der Waals surface area contributed by atoms with Crippen molar-refractivity contribution in [3.63, 3.8) is 0 Å². The van der Waals surface area contributed by atoms with Gasteiger partial charge >= 0.3 is 0 Å². The van der Waals surface area contributed by atoms with E-state index in [0.29, 0.717) is 0 Å². The maximum atomic E-state index is 2.38. The average Bonchev–Trinajstić information content (AvgIpc) is 2.48. The highest BCUT2D eigenvalue weighted by atomic mass is 14.4. The van der Waals surface area contributed by atoms with Gasteiger partial charge in [-0.1, -0.05) is 74.0 Å². The van der Waals surface area contributed by atoms with E-state index in [1.807, 2.05) is 0 Å². The molecule has 0 saturated heterocycles. The van der Waals surface area contributed by atoms with Gasteiger partial charge in [0.15, 0.2) is 0 Å². The lowest BCUT2D eigenvalue weighted by Crippen LogP contribution is -2.25. The van der Waals surface area contributed by atoms with E-state index in [1.165, 1.54) is 33.4 Å². The molecule has 0 fully saturated rings. The van der Waals surface area contributed by atoms with Crippen LogP contribution < -0.4 is 0 Å². The summed E-state index contributed by atoms with van der Waals surface area (Å²) in [6.07, 6.45) is 2.38. The minimum Gasteiger partial charge on any atom is -0.0723 e. The number of allylic oxidation sites excluding steroid dienone is 3. The van der Waals surface area contributed by atoms with Crippen molar-refractivity contribution in [1.82, 2.24) is 0 Å². The third-order valence-corrected chi connectivity index (χ3v) is 4.48. The Balaban J connectivity index is 2.32. The number of fused-ring (bicyclic) bond motifs is 1. The molecule has 21 heavy (non-hydrogen) atoms. The zero-order chi connectivity index (χ0) is 15.0. The standard InChI is InChI=1S/C21H22/c1-15(2)20-14-18(16-10-6-5-7-11-16)17-12-8-9-13-19(17)21(20,3)4/h5-14H,1-4H3. The number of benzene rings is 2. The summed E-state index contributed by atoms with van der Waals surface area (Å²) in [5, 5.41) is 0. The molecule has 0 nitrogen and oxygen atoms in total. The molecular formula is C21H22. The molecule has 0 radical (unpaired) electrons. The Morgan fingerprint density at radius 1 is 0.810 bits per heavy atom.